The van der Waals surface area contributed by atoms with Crippen LogP contribution in [0.25, 0.3) is 0 Å². The number of nitrogens with one attached hydrogen (secondary N) is 1. The largest absolute Gasteiger partial charge is 0.315 e. The molecule has 0 unspecified atom stereocenters. The molecular weight excluding hydrogens is 346 g/mol. The summed E-state index contributed by atoms with van der Waals surface area (Å²) in [5.41, 5.74) is 3.39. The van der Waals surface area contributed by atoms with Crippen LogP contribution in [-0.2, 0) is 11.2 Å². The molecule has 3 heteroatoms. The van der Waals surface area contributed by atoms with E-state index in [1.54, 1.807) is 0 Å². The highest BCUT2D eigenvalue weighted by Crippen LogP contribution is 2.29. The van der Waals surface area contributed by atoms with Crippen LogP contribution < -0.4 is 5.32 Å². The Morgan fingerprint density at radius 1 is 0.786 bits per heavy atom. The van der Waals surface area contributed by atoms with Gasteiger partial charge >= 0.3 is 0 Å². The molecule has 0 aliphatic carbocycles. The molecule has 0 saturated carbocycles. The number of hydrogen-bond donors (Lipinski definition) is 1. The maximum Gasteiger partial charge on any atom is 0.193 e. The number of hydrogen-bond acceptors (Lipinski definition) is 3. The predicted molar refractivity (Wildman–Crippen MR) is 111 cm³/mol. The molecule has 1 N–H and O–H groups in total. The molecule has 3 aromatic carbocycles. The summed E-state index contributed by atoms with van der Waals surface area (Å²) in [6.45, 7) is 1.54. The maximum atomic E-state index is 13.0. The average Bonchev–Trinajstić information content (AvgIpc) is 3.25. The van der Waals surface area contributed by atoms with Crippen LogP contribution in [0.2, 0.25) is 0 Å². The third-order valence-corrected chi connectivity index (χ3v) is 5.46. The molecule has 3 aromatic rings. The van der Waals surface area contributed by atoms with Crippen molar-refractivity contribution < 1.29 is 9.59 Å². The molecule has 1 aliphatic rings. The lowest BCUT2D eigenvalue weighted by molar-refractivity contribution is -0.122. The van der Waals surface area contributed by atoms with Gasteiger partial charge in [-0.2, -0.15) is 0 Å². The van der Waals surface area contributed by atoms with Gasteiger partial charge in [-0.1, -0.05) is 78.9 Å². The number of carbonyl (C=O) groups is 2. The van der Waals surface area contributed by atoms with Crippen molar-refractivity contribution in [3.63, 3.8) is 0 Å². The van der Waals surface area contributed by atoms with Gasteiger partial charge < -0.3 is 5.32 Å². The zero-order valence-electron chi connectivity index (χ0n) is 15.7. The van der Waals surface area contributed by atoms with Crippen molar-refractivity contribution >= 4 is 11.6 Å². The Bertz CT molecular complexity index is 966. The standard InChI is InChI=1S/C25H23NO2/c27-24(23-17-26-16-22(23)19-9-3-1-4-10-19)15-18-8-7-13-21(14-18)25(28)20-11-5-2-6-12-20/h1-14,22-23,26H,15-17H2/t22-,23+/m0/s1. The quantitative estimate of drug-likeness (QED) is 0.667. The van der Waals surface area contributed by atoms with E-state index in [-0.39, 0.29) is 23.4 Å². The second-order valence-electron chi connectivity index (χ2n) is 7.32. The van der Waals surface area contributed by atoms with E-state index in [1.807, 2.05) is 72.8 Å². The molecule has 1 saturated heterocycles. The van der Waals surface area contributed by atoms with Crippen molar-refractivity contribution in [3.8, 4) is 0 Å². The van der Waals surface area contributed by atoms with Crippen molar-refractivity contribution in [2.45, 2.75) is 12.3 Å². The van der Waals surface area contributed by atoms with Crippen LogP contribution in [0, 0.1) is 5.92 Å². The second kappa shape index (κ2) is 8.32. The predicted octanol–water partition coefficient (Wildman–Crippen LogP) is 4.03. The summed E-state index contributed by atoms with van der Waals surface area (Å²) >= 11 is 0. The summed E-state index contributed by atoms with van der Waals surface area (Å²) in [6, 6.07) is 26.9. The van der Waals surface area contributed by atoms with Gasteiger partial charge in [0.05, 0.1) is 0 Å². The highest BCUT2D eigenvalue weighted by atomic mass is 16.1. The summed E-state index contributed by atoms with van der Waals surface area (Å²) in [6.07, 6.45) is 0.353. The Labute approximate surface area is 165 Å². The third-order valence-electron chi connectivity index (χ3n) is 5.46. The van der Waals surface area contributed by atoms with Crippen molar-refractivity contribution in [3.05, 3.63) is 107 Å². The monoisotopic (exact) mass is 369 g/mol. The normalized spacial score (nSPS) is 18.7. The van der Waals surface area contributed by atoms with Crippen LogP contribution >= 0.6 is 0 Å². The highest BCUT2D eigenvalue weighted by Gasteiger charge is 2.33. The van der Waals surface area contributed by atoms with Crippen LogP contribution in [0.3, 0.4) is 0 Å². The minimum Gasteiger partial charge on any atom is -0.315 e. The Morgan fingerprint density at radius 2 is 1.46 bits per heavy atom. The molecule has 4 rings (SSSR count). The molecule has 0 bridgehead atoms. The van der Waals surface area contributed by atoms with E-state index in [0.29, 0.717) is 24.1 Å². The lowest BCUT2D eigenvalue weighted by Crippen LogP contribution is -2.23. The molecular formula is C25H23NO2. The molecule has 0 radical (unpaired) electrons. The molecule has 0 aromatic heterocycles. The molecule has 28 heavy (non-hydrogen) atoms. The summed E-state index contributed by atoms with van der Waals surface area (Å²) in [7, 11) is 0. The van der Waals surface area contributed by atoms with Gasteiger partial charge in [0.2, 0.25) is 0 Å². The van der Waals surface area contributed by atoms with Crippen LogP contribution in [0.4, 0.5) is 0 Å². The summed E-state index contributed by atoms with van der Waals surface area (Å²) in [5.74, 6) is 0.390. The molecule has 0 amide bonds. The second-order valence-corrected chi connectivity index (χ2v) is 7.32. The maximum absolute atomic E-state index is 13.0. The van der Waals surface area contributed by atoms with Gasteiger partial charge in [-0.05, 0) is 17.2 Å². The van der Waals surface area contributed by atoms with Gasteiger partial charge in [-0.3, -0.25) is 9.59 Å². The van der Waals surface area contributed by atoms with Crippen molar-refractivity contribution in [1.82, 2.24) is 5.32 Å². The molecule has 0 spiro atoms. The number of rotatable bonds is 6. The zero-order chi connectivity index (χ0) is 19.3. The van der Waals surface area contributed by atoms with Crippen LogP contribution in [-0.4, -0.2) is 24.7 Å². The summed E-state index contributed by atoms with van der Waals surface area (Å²) in [4.78, 5) is 25.7. The minimum atomic E-state index is -0.0316. The van der Waals surface area contributed by atoms with E-state index in [1.165, 1.54) is 5.56 Å². The minimum absolute atomic E-state index is 0.0143. The molecule has 140 valence electrons. The smallest absolute Gasteiger partial charge is 0.193 e. The van der Waals surface area contributed by atoms with Gasteiger partial charge in [-0.15, -0.1) is 0 Å². The van der Waals surface area contributed by atoms with Crippen molar-refractivity contribution in [2.75, 3.05) is 13.1 Å². The Hall–Kier alpha value is -3.04. The number of Topliss-reactive ketones (excluding diaryl/α,β-unsaturated/α-hetero) is 1. The molecule has 1 heterocycles. The SMILES string of the molecule is O=C(c1ccccc1)c1cccc(CC(=O)[C@@H]2CNC[C@H]2c2ccccc2)c1. The average molecular weight is 369 g/mol. The van der Waals surface area contributed by atoms with Crippen LogP contribution in [0.1, 0.15) is 33.0 Å². The van der Waals surface area contributed by atoms with E-state index in [9.17, 15) is 9.59 Å². The van der Waals surface area contributed by atoms with Gasteiger partial charge in [0, 0.05) is 42.5 Å². The Balaban J connectivity index is 1.50. The van der Waals surface area contributed by atoms with Gasteiger partial charge in [0.1, 0.15) is 5.78 Å². The first kappa shape index (κ1) is 18.3. The van der Waals surface area contributed by atoms with E-state index in [4.69, 9.17) is 0 Å². The topological polar surface area (TPSA) is 46.2 Å². The first-order valence-electron chi connectivity index (χ1n) is 9.69. The lowest BCUT2D eigenvalue weighted by Gasteiger charge is -2.18. The number of ketones is 2. The van der Waals surface area contributed by atoms with E-state index < -0.39 is 0 Å². The van der Waals surface area contributed by atoms with Crippen LogP contribution in [0.5, 0.6) is 0 Å². The molecule has 1 fully saturated rings. The van der Waals surface area contributed by atoms with Gasteiger partial charge in [0.25, 0.3) is 0 Å². The fourth-order valence-electron chi connectivity index (χ4n) is 3.98. The van der Waals surface area contributed by atoms with Gasteiger partial charge in [-0.25, -0.2) is 0 Å². The fourth-order valence-corrected chi connectivity index (χ4v) is 3.98. The summed E-state index contributed by atoms with van der Waals surface area (Å²) in [5, 5.41) is 3.36. The highest BCUT2D eigenvalue weighted by molar-refractivity contribution is 6.09. The molecule has 3 nitrogen and oxygen atoms in total. The molecule has 1 aliphatic heterocycles. The fraction of sp³-hybridized carbons (Fsp3) is 0.200. The number of benzene rings is 3. The summed E-state index contributed by atoms with van der Waals surface area (Å²) < 4.78 is 0. The Morgan fingerprint density at radius 3 is 2.21 bits per heavy atom. The lowest BCUT2D eigenvalue weighted by atomic mass is 9.84. The van der Waals surface area contributed by atoms with E-state index in [2.05, 4.69) is 17.4 Å². The first-order valence-corrected chi connectivity index (χ1v) is 9.69. The third kappa shape index (κ3) is 3.95. The van der Waals surface area contributed by atoms with E-state index >= 15 is 0 Å². The van der Waals surface area contributed by atoms with Crippen molar-refractivity contribution in [1.29, 1.82) is 0 Å². The first-order chi connectivity index (χ1) is 13.7. The zero-order valence-corrected chi connectivity index (χ0v) is 15.7. The molecule has 2 atom stereocenters. The van der Waals surface area contributed by atoms with Crippen molar-refractivity contribution in [2.24, 2.45) is 5.92 Å². The van der Waals surface area contributed by atoms with Crippen LogP contribution in [0.15, 0.2) is 84.9 Å². The Kier molecular flexibility index (Phi) is 5.45. The number of carbonyl (C=O) groups excluding carboxylic acids is 2. The van der Waals surface area contributed by atoms with Gasteiger partial charge in [0.15, 0.2) is 5.78 Å². The van der Waals surface area contributed by atoms with E-state index in [0.717, 1.165) is 12.1 Å².